The number of carboxylic acid groups (broad SMARTS) is 1. The third-order valence-corrected chi connectivity index (χ3v) is 3.92. The number of nitrogens with one attached hydrogen (secondary N) is 1. The van der Waals surface area contributed by atoms with E-state index in [1.807, 2.05) is 13.8 Å². The van der Waals surface area contributed by atoms with Gasteiger partial charge in [0.05, 0.1) is 12.0 Å². The molecule has 1 rings (SSSR count). The van der Waals surface area contributed by atoms with Crippen LogP contribution < -0.4 is 5.32 Å². The highest BCUT2D eigenvalue weighted by Crippen LogP contribution is 2.33. The van der Waals surface area contributed by atoms with Crippen LogP contribution in [0.2, 0.25) is 0 Å². The van der Waals surface area contributed by atoms with Gasteiger partial charge in [0.2, 0.25) is 5.91 Å². The monoisotopic (exact) mass is 271 g/mol. The molecule has 19 heavy (non-hydrogen) atoms. The van der Waals surface area contributed by atoms with Crippen molar-refractivity contribution in [1.82, 2.24) is 5.32 Å². The fourth-order valence-electron chi connectivity index (χ4n) is 2.77. The molecule has 110 valence electrons. The van der Waals surface area contributed by atoms with E-state index in [2.05, 4.69) is 5.32 Å². The SMILES string of the molecule is CCCC(O)(CCC)CC(=O)NC1(C(=O)O)CCC1. The molecule has 0 saturated heterocycles. The van der Waals surface area contributed by atoms with Gasteiger partial charge in [0.25, 0.3) is 0 Å². The number of aliphatic carboxylic acids is 1. The van der Waals surface area contributed by atoms with E-state index < -0.39 is 17.1 Å². The van der Waals surface area contributed by atoms with E-state index in [1.54, 1.807) is 0 Å². The second-order valence-corrected chi connectivity index (χ2v) is 5.69. The van der Waals surface area contributed by atoms with Crippen molar-refractivity contribution in [3.8, 4) is 0 Å². The molecule has 0 bridgehead atoms. The molecular formula is C14H25NO4. The molecule has 1 aliphatic carbocycles. The smallest absolute Gasteiger partial charge is 0.329 e. The molecule has 0 atom stereocenters. The minimum absolute atomic E-state index is 0.0102. The van der Waals surface area contributed by atoms with Crippen molar-refractivity contribution in [2.45, 2.75) is 76.4 Å². The van der Waals surface area contributed by atoms with Crippen LogP contribution in [0.4, 0.5) is 0 Å². The molecule has 0 aromatic carbocycles. The van der Waals surface area contributed by atoms with E-state index in [4.69, 9.17) is 5.11 Å². The van der Waals surface area contributed by atoms with Gasteiger partial charge in [-0.05, 0) is 32.1 Å². The van der Waals surface area contributed by atoms with Crippen LogP contribution in [0.15, 0.2) is 0 Å². The molecule has 1 fully saturated rings. The lowest BCUT2D eigenvalue weighted by atomic mass is 9.76. The molecule has 0 radical (unpaired) electrons. The van der Waals surface area contributed by atoms with Crippen LogP contribution in [-0.2, 0) is 9.59 Å². The standard InChI is InChI=1S/C14H25NO4/c1-3-6-13(19,7-4-2)10-11(16)15-14(12(17)18)8-5-9-14/h19H,3-10H2,1-2H3,(H,15,16)(H,17,18). The summed E-state index contributed by atoms with van der Waals surface area (Å²) in [6, 6.07) is 0. The number of aliphatic hydroxyl groups is 1. The molecule has 0 heterocycles. The first-order valence-electron chi connectivity index (χ1n) is 7.14. The Morgan fingerprint density at radius 1 is 1.21 bits per heavy atom. The maximum Gasteiger partial charge on any atom is 0.329 e. The Bertz CT molecular complexity index is 330. The lowest BCUT2D eigenvalue weighted by molar-refractivity contribution is -0.152. The Labute approximate surface area is 114 Å². The lowest BCUT2D eigenvalue weighted by Gasteiger charge is -2.39. The van der Waals surface area contributed by atoms with E-state index >= 15 is 0 Å². The first kappa shape index (κ1) is 16.0. The zero-order chi connectivity index (χ0) is 14.5. The molecule has 0 aromatic rings. The summed E-state index contributed by atoms with van der Waals surface area (Å²) in [5, 5.41) is 22.2. The van der Waals surface area contributed by atoms with Crippen molar-refractivity contribution >= 4 is 11.9 Å². The van der Waals surface area contributed by atoms with E-state index in [0.717, 1.165) is 19.3 Å². The maximum absolute atomic E-state index is 12.0. The predicted octanol–water partition coefficient (Wildman–Crippen LogP) is 1.83. The molecule has 0 unspecified atom stereocenters. The van der Waals surface area contributed by atoms with Crippen LogP contribution in [0.3, 0.4) is 0 Å². The average molecular weight is 271 g/mol. The minimum Gasteiger partial charge on any atom is -0.480 e. The number of rotatable bonds is 8. The van der Waals surface area contributed by atoms with Gasteiger partial charge in [-0.25, -0.2) is 4.79 Å². The number of amides is 1. The number of carboxylic acids is 1. The molecule has 3 N–H and O–H groups in total. The fourth-order valence-corrected chi connectivity index (χ4v) is 2.77. The van der Waals surface area contributed by atoms with Crippen molar-refractivity contribution < 1.29 is 19.8 Å². The Balaban J connectivity index is 2.60. The summed E-state index contributed by atoms with van der Waals surface area (Å²) in [4.78, 5) is 23.2. The Kier molecular flexibility index (Phi) is 5.35. The number of carbonyl (C=O) groups excluding carboxylic acids is 1. The van der Waals surface area contributed by atoms with Gasteiger partial charge in [-0.15, -0.1) is 0 Å². The van der Waals surface area contributed by atoms with Gasteiger partial charge in [-0.3, -0.25) is 4.79 Å². The van der Waals surface area contributed by atoms with Gasteiger partial charge < -0.3 is 15.5 Å². The van der Waals surface area contributed by atoms with Crippen molar-refractivity contribution in [2.75, 3.05) is 0 Å². The van der Waals surface area contributed by atoms with Crippen LogP contribution in [-0.4, -0.2) is 33.2 Å². The van der Waals surface area contributed by atoms with E-state index in [-0.39, 0.29) is 12.3 Å². The molecular weight excluding hydrogens is 246 g/mol. The Hall–Kier alpha value is -1.10. The van der Waals surface area contributed by atoms with Crippen molar-refractivity contribution in [3.05, 3.63) is 0 Å². The summed E-state index contributed by atoms with van der Waals surface area (Å²) < 4.78 is 0. The largest absolute Gasteiger partial charge is 0.480 e. The normalized spacial score (nSPS) is 17.6. The van der Waals surface area contributed by atoms with Gasteiger partial charge in [0, 0.05) is 0 Å². The molecule has 1 amide bonds. The molecule has 1 aliphatic rings. The third kappa shape index (κ3) is 3.93. The molecule has 5 nitrogen and oxygen atoms in total. The Morgan fingerprint density at radius 2 is 1.74 bits per heavy atom. The van der Waals surface area contributed by atoms with Gasteiger partial charge in [-0.2, -0.15) is 0 Å². The number of carbonyl (C=O) groups is 2. The van der Waals surface area contributed by atoms with Crippen molar-refractivity contribution in [3.63, 3.8) is 0 Å². The van der Waals surface area contributed by atoms with Crippen molar-refractivity contribution in [2.24, 2.45) is 0 Å². The van der Waals surface area contributed by atoms with Crippen LogP contribution in [0.1, 0.15) is 65.2 Å². The van der Waals surface area contributed by atoms with Gasteiger partial charge >= 0.3 is 5.97 Å². The first-order valence-corrected chi connectivity index (χ1v) is 7.14. The van der Waals surface area contributed by atoms with Crippen LogP contribution in [0.5, 0.6) is 0 Å². The second kappa shape index (κ2) is 6.37. The summed E-state index contributed by atoms with van der Waals surface area (Å²) in [7, 11) is 0. The van der Waals surface area contributed by atoms with Gasteiger partial charge in [-0.1, -0.05) is 26.7 Å². The summed E-state index contributed by atoms with van der Waals surface area (Å²) in [6.07, 6.45) is 4.50. The lowest BCUT2D eigenvalue weighted by Crippen LogP contribution is -2.59. The molecule has 0 aromatic heterocycles. The summed E-state index contributed by atoms with van der Waals surface area (Å²) >= 11 is 0. The highest BCUT2D eigenvalue weighted by Gasteiger charge is 2.46. The van der Waals surface area contributed by atoms with Crippen LogP contribution in [0.25, 0.3) is 0 Å². The second-order valence-electron chi connectivity index (χ2n) is 5.69. The molecule has 5 heteroatoms. The van der Waals surface area contributed by atoms with E-state index in [1.165, 1.54) is 0 Å². The molecule has 1 saturated carbocycles. The fraction of sp³-hybridized carbons (Fsp3) is 0.857. The van der Waals surface area contributed by atoms with Crippen LogP contribution in [0, 0.1) is 0 Å². The predicted molar refractivity (Wildman–Crippen MR) is 71.7 cm³/mol. The van der Waals surface area contributed by atoms with Crippen LogP contribution >= 0.6 is 0 Å². The zero-order valence-electron chi connectivity index (χ0n) is 11.9. The highest BCUT2D eigenvalue weighted by atomic mass is 16.4. The minimum atomic E-state index is -1.09. The summed E-state index contributed by atoms with van der Waals surface area (Å²) in [5.41, 5.74) is -2.09. The number of hydrogen-bond donors (Lipinski definition) is 3. The zero-order valence-corrected chi connectivity index (χ0v) is 11.9. The molecule has 0 aliphatic heterocycles. The quantitative estimate of drug-likeness (QED) is 0.628. The first-order chi connectivity index (χ1) is 8.87. The Morgan fingerprint density at radius 3 is 2.05 bits per heavy atom. The average Bonchev–Trinajstić information content (AvgIpc) is 2.23. The van der Waals surface area contributed by atoms with Gasteiger partial charge in [0.1, 0.15) is 5.54 Å². The molecule has 0 spiro atoms. The maximum atomic E-state index is 12.0. The van der Waals surface area contributed by atoms with Crippen molar-refractivity contribution in [1.29, 1.82) is 0 Å². The topological polar surface area (TPSA) is 86.6 Å². The highest BCUT2D eigenvalue weighted by molar-refractivity contribution is 5.88. The van der Waals surface area contributed by atoms with E-state index in [9.17, 15) is 14.7 Å². The third-order valence-electron chi connectivity index (χ3n) is 3.92. The van der Waals surface area contributed by atoms with Gasteiger partial charge in [0.15, 0.2) is 0 Å². The number of hydrogen-bond acceptors (Lipinski definition) is 3. The van der Waals surface area contributed by atoms with E-state index in [0.29, 0.717) is 25.7 Å². The summed E-state index contributed by atoms with van der Waals surface area (Å²) in [5.74, 6) is -1.33. The summed E-state index contributed by atoms with van der Waals surface area (Å²) in [6.45, 7) is 3.92.